The molecular formula is C21H21NO3. The van der Waals surface area contributed by atoms with Crippen molar-refractivity contribution in [2.45, 2.75) is 6.54 Å². The molecule has 0 atom stereocenters. The molecule has 0 aliphatic heterocycles. The summed E-state index contributed by atoms with van der Waals surface area (Å²) in [5, 5.41) is 3.39. The standard InChI is InChI=1S/C21H21NO3/c1-23-20-13-8-16(14-21(20)24-2)15-22-17-9-11-19(12-10-17)25-18-6-4-3-5-7-18/h3-14,22H,15H2,1-2H3. The molecule has 4 heteroatoms. The average molecular weight is 335 g/mol. The molecule has 3 aromatic rings. The van der Waals surface area contributed by atoms with E-state index >= 15 is 0 Å². The van der Waals surface area contributed by atoms with Gasteiger partial charge in [-0.3, -0.25) is 0 Å². The Balaban J connectivity index is 1.60. The first-order valence-electron chi connectivity index (χ1n) is 8.06. The van der Waals surface area contributed by atoms with Gasteiger partial charge >= 0.3 is 0 Å². The highest BCUT2D eigenvalue weighted by Crippen LogP contribution is 2.28. The number of hydrogen-bond donors (Lipinski definition) is 1. The summed E-state index contributed by atoms with van der Waals surface area (Å²) in [4.78, 5) is 0. The van der Waals surface area contributed by atoms with Gasteiger partial charge in [0.05, 0.1) is 14.2 Å². The molecule has 1 N–H and O–H groups in total. The van der Waals surface area contributed by atoms with E-state index in [0.717, 1.165) is 34.2 Å². The van der Waals surface area contributed by atoms with Gasteiger partial charge in [0.1, 0.15) is 11.5 Å². The minimum atomic E-state index is 0.694. The average Bonchev–Trinajstić information content (AvgIpc) is 2.68. The van der Waals surface area contributed by atoms with E-state index in [1.54, 1.807) is 14.2 Å². The van der Waals surface area contributed by atoms with Crippen LogP contribution in [0.3, 0.4) is 0 Å². The lowest BCUT2D eigenvalue weighted by molar-refractivity contribution is 0.354. The van der Waals surface area contributed by atoms with E-state index in [-0.39, 0.29) is 0 Å². The maximum Gasteiger partial charge on any atom is 0.161 e. The summed E-state index contributed by atoms with van der Waals surface area (Å²) in [7, 11) is 3.27. The Morgan fingerprint density at radius 2 is 1.40 bits per heavy atom. The third-order valence-corrected chi connectivity index (χ3v) is 3.78. The molecule has 128 valence electrons. The number of anilines is 1. The van der Waals surface area contributed by atoms with Crippen molar-refractivity contribution in [2.24, 2.45) is 0 Å². The fourth-order valence-electron chi connectivity index (χ4n) is 2.46. The molecule has 0 aliphatic rings. The minimum absolute atomic E-state index is 0.694. The first-order chi connectivity index (χ1) is 12.3. The van der Waals surface area contributed by atoms with Gasteiger partial charge in [-0.1, -0.05) is 24.3 Å². The largest absolute Gasteiger partial charge is 0.493 e. The summed E-state index contributed by atoms with van der Waals surface area (Å²) in [5.74, 6) is 3.10. The quantitative estimate of drug-likeness (QED) is 0.651. The fraction of sp³-hybridized carbons (Fsp3) is 0.143. The first kappa shape index (κ1) is 16.7. The predicted molar refractivity (Wildman–Crippen MR) is 99.8 cm³/mol. The Morgan fingerprint density at radius 1 is 0.720 bits per heavy atom. The van der Waals surface area contributed by atoms with Gasteiger partial charge in [0.25, 0.3) is 0 Å². The highest BCUT2D eigenvalue weighted by atomic mass is 16.5. The van der Waals surface area contributed by atoms with Gasteiger partial charge < -0.3 is 19.5 Å². The van der Waals surface area contributed by atoms with Gasteiger partial charge in [-0.05, 0) is 54.1 Å². The molecule has 0 spiro atoms. The van der Waals surface area contributed by atoms with Crippen LogP contribution in [0.2, 0.25) is 0 Å². The summed E-state index contributed by atoms with van der Waals surface area (Å²) in [6.07, 6.45) is 0. The number of ether oxygens (including phenoxy) is 3. The Labute approximate surface area is 148 Å². The second-order valence-electron chi connectivity index (χ2n) is 5.48. The van der Waals surface area contributed by atoms with Gasteiger partial charge in [-0.15, -0.1) is 0 Å². The normalized spacial score (nSPS) is 10.2. The monoisotopic (exact) mass is 335 g/mol. The van der Waals surface area contributed by atoms with Crippen LogP contribution in [0.5, 0.6) is 23.0 Å². The van der Waals surface area contributed by atoms with Gasteiger partial charge in [-0.2, -0.15) is 0 Å². The number of para-hydroxylation sites is 1. The molecule has 4 nitrogen and oxygen atoms in total. The van der Waals surface area contributed by atoms with Gasteiger partial charge in [0.2, 0.25) is 0 Å². The number of methoxy groups -OCH3 is 2. The zero-order valence-electron chi connectivity index (χ0n) is 14.4. The van der Waals surface area contributed by atoms with E-state index in [0.29, 0.717) is 6.54 Å². The maximum absolute atomic E-state index is 5.79. The Morgan fingerprint density at radius 3 is 2.08 bits per heavy atom. The van der Waals surface area contributed by atoms with Gasteiger partial charge in [0.15, 0.2) is 11.5 Å². The third-order valence-electron chi connectivity index (χ3n) is 3.78. The molecule has 3 aromatic carbocycles. The summed E-state index contributed by atoms with van der Waals surface area (Å²) < 4.78 is 16.4. The number of nitrogens with one attached hydrogen (secondary N) is 1. The maximum atomic E-state index is 5.79. The minimum Gasteiger partial charge on any atom is -0.493 e. The van der Waals surface area contributed by atoms with E-state index in [1.807, 2.05) is 72.8 Å². The molecule has 0 bridgehead atoms. The van der Waals surface area contributed by atoms with E-state index < -0.39 is 0 Å². The summed E-state index contributed by atoms with van der Waals surface area (Å²) in [6, 6.07) is 23.5. The van der Waals surface area contributed by atoms with Crippen LogP contribution in [0.4, 0.5) is 5.69 Å². The molecule has 0 heterocycles. The fourth-order valence-corrected chi connectivity index (χ4v) is 2.46. The van der Waals surface area contributed by atoms with E-state index in [4.69, 9.17) is 14.2 Å². The van der Waals surface area contributed by atoms with Crippen molar-refractivity contribution in [3.63, 3.8) is 0 Å². The second-order valence-corrected chi connectivity index (χ2v) is 5.48. The smallest absolute Gasteiger partial charge is 0.161 e. The van der Waals surface area contributed by atoms with Crippen LogP contribution in [0.1, 0.15) is 5.56 Å². The first-order valence-corrected chi connectivity index (χ1v) is 8.06. The van der Waals surface area contributed by atoms with Crippen molar-refractivity contribution in [3.8, 4) is 23.0 Å². The number of hydrogen-bond acceptors (Lipinski definition) is 4. The molecule has 0 saturated heterocycles. The molecule has 0 aliphatic carbocycles. The van der Waals surface area contributed by atoms with Crippen LogP contribution in [0.15, 0.2) is 72.8 Å². The topological polar surface area (TPSA) is 39.7 Å². The van der Waals surface area contributed by atoms with Crippen LogP contribution in [0, 0.1) is 0 Å². The van der Waals surface area contributed by atoms with Crippen LogP contribution in [0.25, 0.3) is 0 Å². The molecule has 0 unspecified atom stereocenters. The van der Waals surface area contributed by atoms with Crippen LogP contribution < -0.4 is 19.5 Å². The van der Waals surface area contributed by atoms with E-state index in [9.17, 15) is 0 Å². The van der Waals surface area contributed by atoms with Gasteiger partial charge in [0, 0.05) is 12.2 Å². The lowest BCUT2D eigenvalue weighted by Crippen LogP contribution is -2.00. The molecule has 3 rings (SSSR count). The molecular weight excluding hydrogens is 314 g/mol. The van der Waals surface area contributed by atoms with Crippen molar-refractivity contribution < 1.29 is 14.2 Å². The zero-order chi connectivity index (χ0) is 17.5. The SMILES string of the molecule is COc1ccc(CNc2ccc(Oc3ccccc3)cc2)cc1OC. The van der Waals surface area contributed by atoms with Crippen molar-refractivity contribution in [1.29, 1.82) is 0 Å². The summed E-state index contributed by atoms with van der Waals surface area (Å²) in [6.45, 7) is 0.694. The van der Waals surface area contributed by atoms with E-state index in [2.05, 4.69) is 5.32 Å². The van der Waals surface area contributed by atoms with Gasteiger partial charge in [-0.25, -0.2) is 0 Å². The highest BCUT2D eigenvalue weighted by molar-refractivity contribution is 5.49. The molecule has 0 saturated carbocycles. The Kier molecular flexibility index (Phi) is 5.42. The lowest BCUT2D eigenvalue weighted by atomic mass is 10.2. The van der Waals surface area contributed by atoms with Crippen molar-refractivity contribution in [1.82, 2.24) is 0 Å². The van der Waals surface area contributed by atoms with Crippen molar-refractivity contribution in [3.05, 3.63) is 78.4 Å². The molecule has 0 fully saturated rings. The summed E-state index contributed by atoms with van der Waals surface area (Å²) in [5.41, 5.74) is 2.14. The van der Waals surface area contributed by atoms with Crippen LogP contribution in [-0.4, -0.2) is 14.2 Å². The van der Waals surface area contributed by atoms with E-state index in [1.165, 1.54) is 0 Å². The zero-order valence-corrected chi connectivity index (χ0v) is 14.4. The number of rotatable bonds is 7. The highest BCUT2D eigenvalue weighted by Gasteiger charge is 2.04. The van der Waals surface area contributed by atoms with Crippen LogP contribution in [-0.2, 0) is 6.54 Å². The Bertz CT molecular complexity index is 801. The molecule has 25 heavy (non-hydrogen) atoms. The molecule has 0 aromatic heterocycles. The summed E-state index contributed by atoms with van der Waals surface area (Å²) >= 11 is 0. The molecule has 0 radical (unpaired) electrons. The second kappa shape index (κ2) is 8.11. The van der Waals surface area contributed by atoms with Crippen molar-refractivity contribution >= 4 is 5.69 Å². The molecule has 0 amide bonds. The lowest BCUT2D eigenvalue weighted by Gasteiger charge is -2.11. The predicted octanol–water partition coefficient (Wildman–Crippen LogP) is 5.11. The number of benzene rings is 3. The van der Waals surface area contributed by atoms with Crippen molar-refractivity contribution in [2.75, 3.05) is 19.5 Å². The van der Waals surface area contributed by atoms with Crippen LogP contribution >= 0.6 is 0 Å². The Hall–Kier alpha value is -3.14. The third kappa shape index (κ3) is 4.44.